The highest BCUT2D eigenvalue weighted by Gasteiger charge is 2.31. The number of hydrogen-bond acceptors (Lipinski definition) is 3. The number of carboxylic acids is 1. The number of carboxylic acid groups (broad SMARTS) is 1. The zero-order valence-electron chi connectivity index (χ0n) is 9.03. The molecule has 0 fully saturated rings. The van der Waals surface area contributed by atoms with Crippen molar-refractivity contribution >= 4 is 29.1 Å². The van der Waals surface area contributed by atoms with Gasteiger partial charge in [-0.1, -0.05) is 23.7 Å². The molecule has 19 heavy (non-hydrogen) atoms. The minimum atomic E-state index is -4.49. The summed E-state index contributed by atoms with van der Waals surface area (Å²) in [6.07, 6.45) is -4.49. The van der Waals surface area contributed by atoms with E-state index >= 15 is 0 Å². The third-order valence-corrected chi connectivity index (χ3v) is 3.59. The van der Waals surface area contributed by atoms with Crippen LogP contribution >= 0.6 is 23.1 Å². The topological polar surface area (TPSA) is 50.2 Å². The number of halogens is 4. The maximum Gasteiger partial charge on any atom is 0.416 e. The van der Waals surface area contributed by atoms with Crippen molar-refractivity contribution in [2.45, 2.75) is 6.18 Å². The van der Waals surface area contributed by atoms with Gasteiger partial charge in [-0.25, -0.2) is 4.79 Å². The summed E-state index contributed by atoms with van der Waals surface area (Å²) in [6, 6.07) is 4.37. The maximum atomic E-state index is 12.6. The summed E-state index contributed by atoms with van der Waals surface area (Å²) in [6.45, 7) is 0. The molecular formula is C11H5ClF3NO2S. The minimum absolute atomic E-state index is 0.101. The Morgan fingerprint density at radius 2 is 2.05 bits per heavy atom. The predicted molar refractivity (Wildman–Crippen MR) is 64.5 cm³/mol. The number of alkyl halides is 3. The normalized spacial score (nSPS) is 11.6. The van der Waals surface area contributed by atoms with Gasteiger partial charge in [-0.15, -0.1) is 0 Å². The molecule has 0 aliphatic heterocycles. The molecule has 1 aromatic carbocycles. The van der Waals surface area contributed by atoms with Crippen LogP contribution in [0, 0.1) is 0 Å². The number of aromatic nitrogens is 1. The molecule has 100 valence electrons. The first-order valence-electron chi connectivity index (χ1n) is 4.87. The van der Waals surface area contributed by atoms with Gasteiger partial charge >= 0.3 is 12.1 Å². The molecule has 0 unspecified atom stereocenters. The van der Waals surface area contributed by atoms with Crippen LogP contribution in [0.3, 0.4) is 0 Å². The Balaban J connectivity index is 2.57. The van der Waals surface area contributed by atoms with Gasteiger partial charge in [0.15, 0.2) is 5.15 Å². The van der Waals surface area contributed by atoms with Crippen LogP contribution in [0.5, 0.6) is 0 Å². The second-order valence-corrected chi connectivity index (χ2v) is 4.69. The fraction of sp³-hybridized carbons (Fsp3) is 0.0909. The van der Waals surface area contributed by atoms with E-state index in [2.05, 4.69) is 4.37 Å². The number of carbonyl (C=O) groups is 1. The Hall–Kier alpha value is -1.60. The van der Waals surface area contributed by atoms with E-state index in [-0.39, 0.29) is 21.2 Å². The zero-order chi connectivity index (χ0) is 14.2. The van der Waals surface area contributed by atoms with Gasteiger partial charge in [-0.05, 0) is 29.2 Å². The van der Waals surface area contributed by atoms with E-state index in [1.807, 2.05) is 0 Å². The average molecular weight is 308 g/mol. The predicted octanol–water partition coefficient (Wildman–Crippen LogP) is 4.18. The van der Waals surface area contributed by atoms with Crippen LogP contribution < -0.4 is 0 Å². The van der Waals surface area contributed by atoms with Gasteiger partial charge in [0.1, 0.15) is 5.56 Å². The molecule has 0 atom stereocenters. The largest absolute Gasteiger partial charge is 0.478 e. The van der Waals surface area contributed by atoms with Crippen LogP contribution in [0.25, 0.3) is 10.4 Å². The number of rotatable bonds is 2. The summed E-state index contributed by atoms with van der Waals surface area (Å²) in [7, 11) is 0. The molecule has 0 bridgehead atoms. The van der Waals surface area contributed by atoms with E-state index in [1.165, 1.54) is 12.1 Å². The van der Waals surface area contributed by atoms with Crippen LogP contribution in [0.4, 0.5) is 13.2 Å². The maximum absolute atomic E-state index is 12.6. The molecule has 0 aliphatic rings. The van der Waals surface area contributed by atoms with Crippen molar-refractivity contribution in [1.82, 2.24) is 4.37 Å². The Morgan fingerprint density at radius 1 is 1.37 bits per heavy atom. The van der Waals surface area contributed by atoms with Gasteiger partial charge in [0.05, 0.1) is 10.4 Å². The summed E-state index contributed by atoms with van der Waals surface area (Å²) in [5.74, 6) is -1.33. The monoisotopic (exact) mass is 307 g/mol. The Kier molecular flexibility index (Phi) is 3.51. The van der Waals surface area contributed by atoms with Crippen molar-refractivity contribution < 1.29 is 23.1 Å². The van der Waals surface area contributed by atoms with Crippen LogP contribution in [0.2, 0.25) is 5.15 Å². The first-order valence-corrected chi connectivity index (χ1v) is 6.02. The number of hydrogen-bond donors (Lipinski definition) is 1. The SMILES string of the molecule is O=C(O)c1c(Cl)nsc1-c1cccc(C(F)(F)F)c1. The molecule has 2 aromatic rings. The summed E-state index contributed by atoms with van der Waals surface area (Å²) < 4.78 is 41.4. The highest BCUT2D eigenvalue weighted by Crippen LogP contribution is 2.36. The highest BCUT2D eigenvalue weighted by molar-refractivity contribution is 7.10. The molecule has 1 N–H and O–H groups in total. The summed E-state index contributed by atoms with van der Waals surface area (Å²) in [4.78, 5) is 11.1. The van der Waals surface area contributed by atoms with Crippen LogP contribution in [-0.2, 0) is 6.18 Å². The lowest BCUT2D eigenvalue weighted by Crippen LogP contribution is -2.04. The van der Waals surface area contributed by atoms with E-state index in [1.54, 1.807) is 0 Å². The van der Waals surface area contributed by atoms with Gasteiger partial charge < -0.3 is 5.11 Å². The Bertz CT molecular complexity index is 639. The van der Waals surface area contributed by atoms with Gasteiger partial charge in [0, 0.05) is 0 Å². The van der Waals surface area contributed by atoms with E-state index in [0.29, 0.717) is 0 Å². The van der Waals surface area contributed by atoms with Crippen molar-refractivity contribution in [3.05, 3.63) is 40.5 Å². The van der Waals surface area contributed by atoms with E-state index in [4.69, 9.17) is 16.7 Å². The van der Waals surface area contributed by atoms with Gasteiger partial charge in [-0.2, -0.15) is 17.5 Å². The van der Waals surface area contributed by atoms with E-state index < -0.39 is 17.7 Å². The molecule has 0 saturated carbocycles. The number of nitrogens with zero attached hydrogens (tertiary/aromatic N) is 1. The molecular weight excluding hydrogens is 303 g/mol. The van der Waals surface area contributed by atoms with Gasteiger partial charge in [-0.3, -0.25) is 0 Å². The third kappa shape index (κ3) is 2.71. The second-order valence-electron chi connectivity index (χ2n) is 3.56. The van der Waals surface area contributed by atoms with Crippen molar-refractivity contribution in [2.75, 3.05) is 0 Å². The van der Waals surface area contributed by atoms with Crippen molar-refractivity contribution in [3.8, 4) is 10.4 Å². The van der Waals surface area contributed by atoms with Crippen molar-refractivity contribution in [1.29, 1.82) is 0 Å². The lowest BCUT2D eigenvalue weighted by molar-refractivity contribution is -0.137. The first-order chi connectivity index (χ1) is 8.80. The summed E-state index contributed by atoms with van der Waals surface area (Å²) in [5, 5.41) is 8.75. The second kappa shape index (κ2) is 4.82. The molecule has 1 aromatic heterocycles. The Labute approximate surface area is 114 Å². The van der Waals surface area contributed by atoms with Crippen LogP contribution in [0.15, 0.2) is 24.3 Å². The number of aromatic carboxylic acids is 1. The van der Waals surface area contributed by atoms with E-state index in [9.17, 15) is 18.0 Å². The first kappa shape index (κ1) is 13.8. The van der Waals surface area contributed by atoms with Crippen molar-refractivity contribution in [3.63, 3.8) is 0 Å². The van der Waals surface area contributed by atoms with Gasteiger partial charge in [0.2, 0.25) is 0 Å². The molecule has 0 amide bonds. The molecule has 1 heterocycles. The van der Waals surface area contributed by atoms with Crippen LogP contribution in [-0.4, -0.2) is 15.4 Å². The quantitative estimate of drug-likeness (QED) is 0.905. The fourth-order valence-corrected chi connectivity index (χ4v) is 2.60. The van der Waals surface area contributed by atoms with E-state index in [0.717, 1.165) is 23.7 Å². The Morgan fingerprint density at radius 3 is 2.63 bits per heavy atom. The summed E-state index contributed by atoms with van der Waals surface area (Å²) in [5.41, 5.74) is -1.02. The van der Waals surface area contributed by atoms with Gasteiger partial charge in [0.25, 0.3) is 0 Å². The smallest absolute Gasteiger partial charge is 0.416 e. The molecule has 0 saturated heterocycles. The lowest BCUT2D eigenvalue weighted by Gasteiger charge is -2.08. The third-order valence-electron chi connectivity index (χ3n) is 2.32. The number of benzene rings is 1. The molecule has 2 rings (SSSR count). The lowest BCUT2D eigenvalue weighted by atomic mass is 10.1. The standard InChI is InChI=1S/C11H5ClF3NO2S/c12-9-7(10(17)18)8(19-16-9)5-2-1-3-6(4-5)11(13,14)15/h1-4H,(H,17,18). The molecule has 0 radical (unpaired) electrons. The molecule has 0 spiro atoms. The highest BCUT2D eigenvalue weighted by atomic mass is 35.5. The summed E-state index contributed by atoms with van der Waals surface area (Å²) >= 11 is 6.36. The molecule has 8 heteroatoms. The minimum Gasteiger partial charge on any atom is -0.478 e. The van der Waals surface area contributed by atoms with Crippen molar-refractivity contribution in [2.24, 2.45) is 0 Å². The fourth-order valence-electron chi connectivity index (χ4n) is 1.49. The molecule has 0 aliphatic carbocycles. The zero-order valence-corrected chi connectivity index (χ0v) is 10.6. The molecule has 3 nitrogen and oxygen atoms in total. The van der Waals surface area contributed by atoms with Crippen LogP contribution in [0.1, 0.15) is 15.9 Å². The average Bonchev–Trinajstić information content (AvgIpc) is 2.70.